The lowest BCUT2D eigenvalue weighted by molar-refractivity contribution is -0.142. The van der Waals surface area contributed by atoms with Crippen molar-refractivity contribution in [1.82, 2.24) is 10.3 Å². The summed E-state index contributed by atoms with van der Waals surface area (Å²) in [6.07, 6.45) is 1.79. The summed E-state index contributed by atoms with van der Waals surface area (Å²) >= 11 is 0. The second-order valence-corrected chi connectivity index (χ2v) is 5.89. The van der Waals surface area contributed by atoms with E-state index in [0.29, 0.717) is 5.56 Å². The quantitative estimate of drug-likeness (QED) is 0.803. The summed E-state index contributed by atoms with van der Waals surface area (Å²) in [6.45, 7) is 5.33. The molecule has 0 saturated carbocycles. The number of aromatic nitrogens is 1. The van der Waals surface area contributed by atoms with Crippen molar-refractivity contribution in [2.24, 2.45) is 5.41 Å². The van der Waals surface area contributed by atoms with Gasteiger partial charge in [0.05, 0.1) is 0 Å². The Hall–Kier alpha value is -2.30. The van der Waals surface area contributed by atoms with Crippen molar-refractivity contribution in [3.05, 3.63) is 36.0 Å². The van der Waals surface area contributed by atoms with Crippen molar-refractivity contribution in [2.75, 3.05) is 0 Å². The molecule has 0 unspecified atom stereocenters. The van der Waals surface area contributed by atoms with Gasteiger partial charge in [0, 0.05) is 17.3 Å². The maximum atomic E-state index is 12.2. The van der Waals surface area contributed by atoms with Crippen molar-refractivity contribution in [3.63, 3.8) is 0 Å². The number of aliphatic carboxylic acids is 1. The third-order valence-electron chi connectivity index (χ3n) is 3.21. The van der Waals surface area contributed by atoms with Crippen molar-refractivity contribution >= 4 is 22.8 Å². The summed E-state index contributed by atoms with van der Waals surface area (Å²) in [7, 11) is 0. The first kappa shape index (κ1) is 14.1. The van der Waals surface area contributed by atoms with Crippen LogP contribution in [-0.2, 0) is 4.79 Å². The van der Waals surface area contributed by atoms with E-state index in [0.717, 1.165) is 10.9 Å². The molecule has 1 heterocycles. The smallest absolute Gasteiger partial charge is 0.326 e. The predicted octanol–water partition coefficient (Wildman–Crippen LogP) is 2.40. The van der Waals surface area contributed by atoms with Gasteiger partial charge in [0.15, 0.2) is 0 Å². The van der Waals surface area contributed by atoms with Crippen LogP contribution in [0.15, 0.2) is 30.5 Å². The fraction of sp³-hybridized carbons (Fsp3) is 0.333. The Kier molecular flexibility index (Phi) is 3.53. The number of benzene rings is 1. The van der Waals surface area contributed by atoms with E-state index in [1.807, 2.05) is 12.1 Å². The van der Waals surface area contributed by atoms with Crippen molar-refractivity contribution < 1.29 is 14.7 Å². The molecule has 0 fully saturated rings. The maximum absolute atomic E-state index is 12.2. The van der Waals surface area contributed by atoms with Gasteiger partial charge in [0.1, 0.15) is 6.04 Å². The Labute approximate surface area is 117 Å². The Morgan fingerprint density at radius 3 is 2.55 bits per heavy atom. The lowest BCUT2D eigenvalue weighted by atomic mass is 9.86. The number of carbonyl (C=O) groups is 2. The summed E-state index contributed by atoms with van der Waals surface area (Å²) < 4.78 is 0. The molecule has 106 valence electrons. The van der Waals surface area contributed by atoms with Crippen LogP contribution in [0.4, 0.5) is 0 Å². The van der Waals surface area contributed by atoms with Crippen molar-refractivity contribution in [1.29, 1.82) is 0 Å². The summed E-state index contributed by atoms with van der Waals surface area (Å²) in [5.41, 5.74) is 0.730. The Morgan fingerprint density at radius 2 is 1.95 bits per heavy atom. The molecule has 1 aromatic heterocycles. The number of hydrogen-bond donors (Lipinski definition) is 3. The minimum Gasteiger partial charge on any atom is -0.480 e. The first-order valence-corrected chi connectivity index (χ1v) is 6.40. The van der Waals surface area contributed by atoms with Gasteiger partial charge in [-0.3, -0.25) is 4.79 Å². The summed E-state index contributed by atoms with van der Waals surface area (Å²) in [5, 5.41) is 12.8. The van der Waals surface area contributed by atoms with Crippen LogP contribution in [0, 0.1) is 5.41 Å². The molecular weight excluding hydrogens is 256 g/mol. The monoisotopic (exact) mass is 274 g/mol. The van der Waals surface area contributed by atoms with Gasteiger partial charge < -0.3 is 15.4 Å². The number of H-pyrrole nitrogens is 1. The zero-order chi connectivity index (χ0) is 14.9. The van der Waals surface area contributed by atoms with Crippen LogP contribution in [0.25, 0.3) is 10.9 Å². The molecule has 0 radical (unpaired) electrons. The second kappa shape index (κ2) is 5.00. The first-order chi connectivity index (χ1) is 9.29. The highest BCUT2D eigenvalue weighted by atomic mass is 16.4. The highest BCUT2D eigenvalue weighted by molar-refractivity contribution is 5.99. The fourth-order valence-corrected chi connectivity index (χ4v) is 2.05. The fourth-order valence-electron chi connectivity index (χ4n) is 2.05. The molecule has 0 aliphatic carbocycles. The maximum Gasteiger partial charge on any atom is 0.326 e. The molecule has 20 heavy (non-hydrogen) atoms. The van der Waals surface area contributed by atoms with E-state index in [1.54, 1.807) is 39.1 Å². The highest BCUT2D eigenvalue weighted by Crippen LogP contribution is 2.20. The molecule has 0 aliphatic rings. The lowest BCUT2D eigenvalue weighted by Gasteiger charge is -2.27. The number of nitrogens with one attached hydrogen (secondary N) is 2. The molecule has 1 atom stereocenters. The molecular formula is C15H18N2O3. The average Bonchev–Trinajstić information content (AvgIpc) is 2.80. The third-order valence-corrected chi connectivity index (χ3v) is 3.21. The molecule has 0 saturated heterocycles. The number of carboxylic acids is 1. The zero-order valence-electron chi connectivity index (χ0n) is 11.7. The number of aromatic amines is 1. The van der Waals surface area contributed by atoms with E-state index < -0.39 is 17.4 Å². The van der Waals surface area contributed by atoms with Gasteiger partial charge in [-0.05, 0) is 29.0 Å². The van der Waals surface area contributed by atoms with Crippen LogP contribution in [0.5, 0.6) is 0 Å². The molecule has 5 nitrogen and oxygen atoms in total. The number of hydrogen-bond acceptors (Lipinski definition) is 2. The third kappa shape index (κ3) is 2.82. The molecule has 5 heteroatoms. The van der Waals surface area contributed by atoms with Crippen LogP contribution < -0.4 is 5.32 Å². The molecule has 1 amide bonds. The highest BCUT2D eigenvalue weighted by Gasteiger charge is 2.32. The summed E-state index contributed by atoms with van der Waals surface area (Å²) in [5.74, 6) is -1.42. The predicted molar refractivity (Wildman–Crippen MR) is 76.6 cm³/mol. The van der Waals surface area contributed by atoms with Crippen LogP contribution in [-0.4, -0.2) is 28.0 Å². The van der Waals surface area contributed by atoms with Crippen LogP contribution in [0.2, 0.25) is 0 Å². The van der Waals surface area contributed by atoms with Gasteiger partial charge >= 0.3 is 5.97 Å². The van der Waals surface area contributed by atoms with Crippen LogP contribution in [0.1, 0.15) is 31.1 Å². The average molecular weight is 274 g/mol. The number of amides is 1. The van der Waals surface area contributed by atoms with Crippen LogP contribution in [0.3, 0.4) is 0 Å². The van der Waals surface area contributed by atoms with Gasteiger partial charge in [-0.15, -0.1) is 0 Å². The van der Waals surface area contributed by atoms with Gasteiger partial charge in [-0.25, -0.2) is 4.79 Å². The molecule has 3 N–H and O–H groups in total. The Morgan fingerprint density at radius 1 is 1.25 bits per heavy atom. The topological polar surface area (TPSA) is 82.2 Å². The Bertz CT molecular complexity index is 652. The molecule has 0 aliphatic heterocycles. The number of carboxylic acid groups (broad SMARTS) is 1. The summed E-state index contributed by atoms with van der Waals surface area (Å²) in [6, 6.07) is 6.20. The number of rotatable bonds is 3. The largest absolute Gasteiger partial charge is 0.480 e. The molecule has 0 bridgehead atoms. The van der Waals surface area contributed by atoms with E-state index in [9.17, 15) is 14.7 Å². The second-order valence-electron chi connectivity index (χ2n) is 5.89. The molecule has 2 aromatic rings. The van der Waals surface area contributed by atoms with Crippen LogP contribution >= 0.6 is 0 Å². The standard InChI is InChI=1S/C15H18N2O3/c1-15(2,3)12(14(19)20)17-13(18)10-5-4-9-6-7-16-11(9)8-10/h4-8,12,16H,1-3H3,(H,17,18)(H,19,20)/t12-/m0/s1. The van der Waals surface area contributed by atoms with Crippen molar-refractivity contribution in [3.8, 4) is 0 Å². The van der Waals surface area contributed by atoms with Gasteiger partial charge in [-0.1, -0.05) is 26.8 Å². The number of fused-ring (bicyclic) bond motifs is 1. The number of carbonyl (C=O) groups excluding carboxylic acids is 1. The molecule has 1 aromatic carbocycles. The van der Waals surface area contributed by atoms with Gasteiger partial charge in [0.2, 0.25) is 0 Å². The van der Waals surface area contributed by atoms with E-state index >= 15 is 0 Å². The van der Waals surface area contributed by atoms with E-state index in [-0.39, 0.29) is 5.91 Å². The molecule has 2 rings (SSSR count). The minimum atomic E-state index is -1.04. The lowest BCUT2D eigenvalue weighted by Crippen LogP contribution is -2.49. The SMILES string of the molecule is CC(C)(C)[C@@H](NC(=O)c1ccc2cc[nH]c2c1)C(=O)O. The Balaban J connectivity index is 2.24. The zero-order valence-corrected chi connectivity index (χ0v) is 11.7. The first-order valence-electron chi connectivity index (χ1n) is 6.40. The van der Waals surface area contributed by atoms with E-state index in [4.69, 9.17) is 0 Å². The van der Waals surface area contributed by atoms with Gasteiger partial charge in [-0.2, -0.15) is 0 Å². The van der Waals surface area contributed by atoms with Crippen molar-refractivity contribution in [2.45, 2.75) is 26.8 Å². The molecule has 0 spiro atoms. The van der Waals surface area contributed by atoms with E-state index in [2.05, 4.69) is 10.3 Å². The minimum absolute atomic E-state index is 0.385. The van der Waals surface area contributed by atoms with Gasteiger partial charge in [0.25, 0.3) is 5.91 Å². The normalized spacial score (nSPS) is 13.2. The summed E-state index contributed by atoms with van der Waals surface area (Å²) in [4.78, 5) is 26.5. The van der Waals surface area contributed by atoms with E-state index in [1.165, 1.54) is 0 Å².